The molecule has 0 spiro atoms. The second kappa shape index (κ2) is 4.96. The van der Waals surface area contributed by atoms with Crippen LogP contribution in [-0.4, -0.2) is 13.1 Å². The van der Waals surface area contributed by atoms with Crippen LogP contribution in [0.25, 0.3) is 0 Å². The SMILES string of the molecule is CCNCC1(c2cc(F)cc(F)c2)CC=CC1. The molecule has 0 aliphatic heterocycles. The highest BCUT2D eigenvalue weighted by atomic mass is 19.1. The highest BCUT2D eigenvalue weighted by molar-refractivity contribution is 5.32. The second-order valence-corrected chi connectivity index (χ2v) is 4.60. The van der Waals surface area contributed by atoms with E-state index in [0.717, 1.165) is 37.6 Å². The molecule has 0 heterocycles. The van der Waals surface area contributed by atoms with Gasteiger partial charge in [0.05, 0.1) is 0 Å². The van der Waals surface area contributed by atoms with Gasteiger partial charge in [0, 0.05) is 18.0 Å². The van der Waals surface area contributed by atoms with Crippen molar-refractivity contribution in [2.24, 2.45) is 0 Å². The maximum atomic E-state index is 13.3. The molecular weight excluding hydrogens is 220 g/mol. The highest BCUT2D eigenvalue weighted by Gasteiger charge is 2.33. The summed E-state index contributed by atoms with van der Waals surface area (Å²) >= 11 is 0. The Balaban J connectivity index is 2.32. The first kappa shape index (κ1) is 12.2. The van der Waals surface area contributed by atoms with Gasteiger partial charge < -0.3 is 5.32 Å². The van der Waals surface area contributed by atoms with Crippen molar-refractivity contribution in [2.45, 2.75) is 25.2 Å². The Morgan fingerprint density at radius 2 is 1.71 bits per heavy atom. The average Bonchev–Trinajstić information content (AvgIpc) is 2.75. The van der Waals surface area contributed by atoms with Crippen molar-refractivity contribution in [3.8, 4) is 0 Å². The van der Waals surface area contributed by atoms with Crippen LogP contribution in [0.1, 0.15) is 25.3 Å². The first-order valence-electron chi connectivity index (χ1n) is 5.98. The van der Waals surface area contributed by atoms with Crippen molar-refractivity contribution in [3.05, 3.63) is 47.5 Å². The largest absolute Gasteiger partial charge is 0.316 e. The fraction of sp³-hybridized carbons (Fsp3) is 0.429. The van der Waals surface area contributed by atoms with Crippen LogP contribution in [0, 0.1) is 11.6 Å². The molecule has 0 fully saturated rings. The van der Waals surface area contributed by atoms with Crippen LogP contribution in [0.15, 0.2) is 30.4 Å². The Hall–Kier alpha value is -1.22. The third-order valence-electron chi connectivity index (χ3n) is 3.37. The van der Waals surface area contributed by atoms with Crippen molar-refractivity contribution in [1.29, 1.82) is 0 Å². The lowest BCUT2D eigenvalue weighted by Gasteiger charge is -2.30. The van der Waals surface area contributed by atoms with E-state index in [1.165, 1.54) is 12.1 Å². The molecule has 1 N–H and O–H groups in total. The zero-order valence-electron chi connectivity index (χ0n) is 9.97. The normalized spacial score (nSPS) is 17.6. The van der Waals surface area contributed by atoms with Gasteiger partial charge in [-0.1, -0.05) is 19.1 Å². The van der Waals surface area contributed by atoms with Gasteiger partial charge in [0.25, 0.3) is 0 Å². The van der Waals surface area contributed by atoms with Crippen molar-refractivity contribution in [3.63, 3.8) is 0 Å². The van der Waals surface area contributed by atoms with Gasteiger partial charge in [0.15, 0.2) is 0 Å². The predicted octanol–water partition coefficient (Wildman–Crippen LogP) is 3.16. The smallest absolute Gasteiger partial charge is 0.126 e. The molecule has 0 saturated heterocycles. The van der Waals surface area contributed by atoms with Gasteiger partial charge >= 0.3 is 0 Å². The molecule has 0 aromatic heterocycles. The number of halogens is 2. The number of allylic oxidation sites excluding steroid dienone is 2. The third-order valence-corrected chi connectivity index (χ3v) is 3.37. The minimum Gasteiger partial charge on any atom is -0.316 e. The van der Waals surface area contributed by atoms with Crippen LogP contribution in [0.3, 0.4) is 0 Å². The summed E-state index contributed by atoms with van der Waals surface area (Å²) in [5.74, 6) is -0.995. The molecule has 0 radical (unpaired) electrons. The summed E-state index contributed by atoms with van der Waals surface area (Å²) < 4.78 is 26.6. The van der Waals surface area contributed by atoms with Crippen LogP contribution in [0.5, 0.6) is 0 Å². The molecule has 1 aliphatic rings. The molecule has 0 saturated carbocycles. The summed E-state index contributed by atoms with van der Waals surface area (Å²) in [7, 11) is 0. The molecule has 0 bridgehead atoms. The first-order chi connectivity index (χ1) is 8.16. The monoisotopic (exact) mass is 237 g/mol. The van der Waals surface area contributed by atoms with Crippen LogP contribution in [0.4, 0.5) is 8.78 Å². The number of benzene rings is 1. The van der Waals surface area contributed by atoms with E-state index in [0.29, 0.717) is 0 Å². The van der Waals surface area contributed by atoms with E-state index in [1.807, 2.05) is 6.92 Å². The maximum Gasteiger partial charge on any atom is 0.126 e. The lowest BCUT2D eigenvalue weighted by Crippen LogP contribution is -2.36. The Bertz CT molecular complexity index is 398. The van der Waals surface area contributed by atoms with Gasteiger partial charge in [-0.3, -0.25) is 0 Å². The summed E-state index contributed by atoms with van der Waals surface area (Å²) in [6.45, 7) is 3.64. The van der Waals surface area contributed by atoms with Crippen LogP contribution < -0.4 is 5.32 Å². The van der Waals surface area contributed by atoms with Crippen molar-refractivity contribution in [2.75, 3.05) is 13.1 Å². The molecule has 17 heavy (non-hydrogen) atoms. The van der Waals surface area contributed by atoms with E-state index in [9.17, 15) is 8.78 Å². The Labute approximate surface area is 101 Å². The first-order valence-corrected chi connectivity index (χ1v) is 5.98. The van der Waals surface area contributed by atoms with Crippen molar-refractivity contribution < 1.29 is 8.78 Å². The molecule has 0 unspecified atom stereocenters. The second-order valence-electron chi connectivity index (χ2n) is 4.60. The zero-order chi connectivity index (χ0) is 12.3. The molecule has 0 amide bonds. The van der Waals surface area contributed by atoms with Crippen molar-refractivity contribution in [1.82, 2.24) is 5.32 Å². The molecule has 0 atom stereocenters. The molecule has 3 heteroatoms. The van der Waals surface area contributed by atoms with Gasteiger partial charge in [-0.15, -0.1) is 0 Å². The van der Waals surface area contributed by atoms with E-state index in [1.54, 1.807) is 0 Å². The lowest BCUT2D eigenvalue weighted by molar-refractivity contribution is 0.418. The van der Waals surface area contributed by atoms with Gasteiger partial charge in [0.2, 0.25) is 0 Å². The molecule has 2 rings (SSSR count). The van der Waals surface area contributed by atoms with E-state index in [4.69, 9.17) is 0 Å². The Kier molecular flexibility index (Phi) is 3.57. The van der Waals surface area contributed by atoms with E-state index in [2.05, 4.69) is 17.5 Å². The van der Waals surface area contributed by atoms with E-state index < -0.39 is 11.6 Å². The van der Waals surface area contributed by atoms with Gasteiger partial charge in [-0.25, -0.2) is 8.78 Å². The minimum atomic E-state index is -0.497. The Morgan fingerprint density at radius 3 is 2.24 bits per heavy atom. The lowest BCUT2D eigenvalue weighted by atomic mass is 9.78. The number of hydrogen-bond acceptors (Lipinski definition) is 1. The van der Waals surface area contributed by atoms with Crippen molar-refractivity contribution >= 4 is 0 Å². The average molecular weight is 237 g/mol. The summed E-state index contributed by atoms with van der Waals surface area (Å²) in [5, 5.41) is 3.28. The van der Waals surface area contributed by atoms with Gasteiger partial charge in [-0.2, -0.15) is 0 Å². The van der Waals surface area contributed by atoms with Gasteiger partial charge in [0.1, 0.15) is 11.6 Å². The summed E-state index contributed by atoms with van der Waals surface area (Å²) in [6, 6.07) is 3.83. The molecule has 1 aromatic rings. The van der Waals surface area contributed by atoms with Crippen LogP contribution in [-0.2, 0) is 5.41 Å². The van der Waals surface area contributed by atoms with Crippen LogP contribution >= 0.6 is 0 Å². The zero-order valence-corrected chi connectivity index (χ0v) is 9.97. The maximum absolute atomic E-state index is 13.3. The molecule has 1 aliphatic carbocycles. The third kappa shape index (κ3) is 2.55. The van der Waals surface area contributed by atoms with E-state index >= 15 is 0 Å². The molecule has 92 valence electrons. The van der Waals surface area contributed by atoms with Crippen LogP contribution in [0.2, 0.25) is 0 Å². The summed E-state index contributed by atoms with van der Waals surface area (Å²) in [5.41, 5.74) is 0.569. The fourth-order valence-corrected chi connectivity index (χ4v) is 2.41. The molecular formula is C14H17F2N. The number of hydrogen-bond donors (Lipinski definition) is 1. The number of likely N-dealkylation sites (N-methyl/N-ethyl adjacent to an activating group) is 1. The molecule has 1 aromatic carbocycles. The molecule has 1 nitrogen and oxygen atoms in total. The van der Waals surface area contributed by atoms with Gasteiger partial charge in [-0.05, 0) is 37.1 Å². The number of rotatable bonds is 4. The number of nitrogens with one attached hydrogen (secondary N) is 1. The quantitative estimate of drug-likeness (QED) is 0.793. The summed E-state index contributed by atoms with van der Waals surface area (Å²) in [6.07, 6.45) is 5.84. The highest BCUT2D eigenvalue weighted by Crippen LogP contribution is 2.37. The minimum absolute atomic E-state index is 0.182. The van der Waals surface area contributed by atoms with E-state index in [-0.39, 0.29) is 5.41 Å². The Morgan fingerprint density at radius 1 is 1.12 bits per heavy atom. The fourth-order valence-electron chi connectivity index (χ4n) is 2.41. The standard InChI is InChI=1S/C14H17F2N/c1-2-17-10-14(5-3-4-6-14)11-7-12(15)9-13(16)8-11/h3-4,7-9,17H,2,5-6,10H2,1H3. The predicted molar refractivity (Wildman–Crippen MR) is 65.0 cm³/mol. The summed E-state index contributed by atoms with van der Waals surface area (Å²) in [4.78, 5) is 0. The topological polar surface area (TPSA) is 12.0 Å².